The van der Waals surface area contributed by atoms with E-state index in [9.17, 15) is 14.7 Å². The first-order valence-electron chi connectivity index (χ1n) is 10.6. The molecular formula is C22H19Cl2N9O3. The van der Waals surface area contributed by atoms with Gasteiger partial charge in [0.2, 0.25) is 5.95 Å². The molecule has 184 valence electrons. The van der Waals surface area contributed by atoms with Gasteiger partial charge in [-0.3, -0.25) is 13.9 Å². The minimum absolute atomic E-state index is 0.0697. The van der Waals surface area contributed by atoms with Crippen LogP contribution in [0.25, 0.3) is 10.9 Å². The van der Waals surface area contributed by atoms with Crippen molar-refractivity contribution in [3.8, 4) is 5.75 Å². The summed E-state index contributed by atoms with van der Waals surface area (Å²) < 4.78 is 5.23. The van der Waals surface area contributed by atoms with Crippen LogP contribution in [0.15, 0.2) is 52.4 Å². The van der Waals surface area contributed by atoms with Gasteiger partial charge in [0, 0.05) is 36.3 Å². The van der Waals surface area contributed by atoms with Gasteiger partial charge >= 0.3 is 11.4 Å². The molecule has 0 radical (unpaired) electrons. The summed E-state index contributed by atoms with van der Waals surface area (Å²) in [7, 11) is 3.46. The first-order chi connectivity index (χ1) is 17.2. The van der Waals surface area contributed by atoms with Crippen LogP contribution in [0.5, 0.6) is 5.75 Å². The highest BCUT2D eigenvalue weighted by Gasteiger charge is 2.18. The fraction of sp³-hybridized carbons (Fsp3) is 0.182. The molecule has 0 aliphatic heterocycles. The molecule has 0 aliphatic rings. The summed E-state index contributed by atoms with van der Waals surface area (Å²) >= 11 is 12.6. The predicted octanol–water partition coefficient (Wildman–Crippen LogP) is 2.27. The van der Waals surface area contributed by atoms with Crippen molar-refractivity contribution in [2.75, 3.05) is 5.32 Å². The lowest BCUT2D eigenvalue weighted by molar-refractivity contribution is 0.463. The number of phenolic OH excluding ortho intramolecular Hbond substituents is 1. The van der Waals surface area contributed by atoms with Gasteiger partial charge in [0.05, 0.1) is 29.3 Å². The van der Waals surface area contributed by atoms with Crippen LogP contribution in [-0.4, -0.2) is 43.8 Å². The van der Waals surface area contributed by atoms with Crippen LogP contribution in [0.3, 0.4) is 0 Å². The second kappa shape index (κ2) is 9.13. The molecule has 5 rings (SSSR count). The SMILES string of the molecule is Cn1cnc(Cn2c(=O)nc(Nc3cc4cn(C)nc4cc3Cl)n(Cc3cc(Cl)ccc3O)c2=O)n1. The predicted molar refractivity (Wildman–Crippen MR) is 134 cm³/mol. The summed E-state index contributed by atoms with van der Waals surface area (Å²) in [6.45, 7) is -0.320. The maximum atomic E-state index is 13.5. The van der Waals surface area contributed by atoms with Crippen molar-refractivity contribution in [3.05, 3.63) is 85.3 Å². The number of phenols is 1. The highest BCUT2D eigenvalue weighted by Crippen LogP contribution is 2.30. The molecule has 14 heteroatoms. The number of benzene rings is 2. The maximum Gasteiger partial charge on any atom is 0.355 e. The lowest BCUT2D eigenvalue weighted by Crippen LogP contribution is -2.43. The van der Waals surface area contributed by atoms with Crippen LogP contribution in [0.4, 0.5) is 11.6 Å². The van der Waals surface area contributed by atoms with Gasteiger partial charge in [-0.15, -0.1) is 0 Å². The number of aromatic nitrogens is 8. The fourth-order valence-electron chi connectivity index (χ4n) is 3.74. The van der Waals surface area contributed by atoms with Gasteiger partial charge in [-0.25, -0.2) is 19.1 Å². The second-order valence-electron chi connectivity index (χ2n) is 8.10. The number of halogens is 2. The summed E-state index contributed by atoms with van der Waals surface area (Å²) in [5.41, 5.74) is -0.0513. The highest BCUT2D eigenvalue weighted by molar-refractivity contribution is 6.34. The third-order valence-electron chi connectivity index (χ3n) is 5.42. The summed E-state index contributed by atoms with van der Waals surface area (Å²) in [5.74, 6) is 0.123. The van der Waals surface area contributed by atoms with E-state index in [0.29, 0.717) is 26.8 Å². The van der Waals surface area contributed by atoms with Crippen molar-refractivity contribution in [1.82, 2.24) is 38.7 Å². The molecular weight excluding hydrogens is 509 g/mol. The summed E-state index contributed by atoms with van der Waals surface area (Å²) in [4.78, 5) is 34.6. The van der Waals surface area contributed by atoms with E-state index in [2.05, 4.69) is 25.5 Å². The Hall–Kier alpha value is -4.16. The van der Waals surface area contributed by atoms with Crippen molar-refractivity contribution in [2.24, 2.45) is 14.1 Å². The van der Waals surface area contributed by atoms with Crippen LogP contribution >= 0.6 is 23.2 Å². The van der Waals surface area contributed by atoms with E-state index in [1.807, 2.05) is 0 Å². The van der Waals surface area contributed by atoms with Crippen molar-refractivity contribution >= 4 is 45.7 Å². The van der Waals surface area contributed by atoms with Gasteiger partial charge < -0.3 is 10.4 Å². The Morgan fingerprint density at radius 1 is 1.00 bits per heavy atom. The van der Waals surface area contributed by atoms with E-state index < -0.39 is 11.4 Å². The van der Waals surface area contributed by atoms with Gasteiger partial charge in [-0.05, 0) is 30.3 Å². The molecule has 2 aromatic carbocycles. The molecule has 3 aromatic heterocycles. The zero-order valence-corrected chi connectivity index (χ0v) is 20.6. The van der Waals surface area contributed by atoms with E-state index in [1.54, 1.807) is 37.1 Å². The van der Waals surface area contributed by atoms with Crippen LogP contribution in [-0.2, 0) is 27.2 Å². The molecule has 3 heterocycles. The number of fused-ring (bicyclic) bond motifs is 1. The average molecular weight is 528 g/mol. The van der Waals surface area contributed by atoms with Crippen LogP contribution in [0.2, 0.25) is 10.0 Å². The molecule has 0 bridgehead atoms. The highest BCUT2D eigenvalue weighted by atomic mass is 35.5. The smallest absolute Gasteiger partial charge is 0.355 e. The van der Waals surface area contributed by atoms with E-state index in [4.69, 9.17) is 23.2 Å². The van der Waals surface area contributed by atoms with Crippen molar-refractivity contribution < 1.29 is 5.11 Å². The van der Waals surface area contributed by atoms with Crippen LogP contribution in [0, 0.1) is 0 Å². The molecule has 0 saturated heterocycles. The second-order valence-corrected chi connectivity index (χ2v) is 8.94. The number of nitrogens with one attached hydrogen (secondary N) is 1. The zero-order chi connectivity index (χ0) is 25.6. The quantitative estimate of drug-likeness (QED) is 0.343. The normalized spacial score (nSPS) is 11.3. The monoisotopic (exact) mass is 527 g/mol. The van der Waals surface area contributed by atoms with Crippen molar-refractivity contribution in [1.29, 1.82) is 0 Å². The van der Waals surface area contributed by atoms with E-state index in [0.717, 1.165) is 9.95 Å². The Balaban J connectivity index is 1.64. The summed E-state index contributed by atoms with van der Waals surface area (Å²) in [6, 6.07) is 7.87. The van der Waals surface area contributed by atoms with Crippen molar-refractivity contribution in [3.63, 3.8) is 0 Å². The molecule has 36 heavy (non-hydrogen) atoms. The number of hydrogen-bond donors (Lipinski definition) is 2. The topological polar surface area (TPSA) is 138 Å². The average Bonchev–Trinajstić information content (AvgIpc) is 3.39. The minimum atomic E-state index is -0.805. The number of nitrogens with zero attached hydrogens (tertiary/aromatic N) is 8. The van der Waals surface area contributed by atoms with Gasteiger partial charge in [-0.1, -0.05) is 23.2 Å². The molecule has 0 spiro atoms. The molecule has 0 atom stereocenters. The zero-order valence-electron chi connectivity index (χ0n) is 19.1. The van der Waals surface area contributed by atoms with Crippen LogP contribution in [0.1, 0.15) is 11.4 Å². The lowest BCUT2D eigenvalue weighted by Gasteiger charge is -2.16. The molecule has 0 fully saturated rings. The first kappa shape index (κ1) is 23.6. The number of anilines is 2. The summed E-state index contributed by atoms with van der Waals surface area (Å²) in [6.07, 6.45) is 3.27. The van der Waals surface area contributed by atoms with Crippen LogP contribution < -0.4 is 16.7 Å². The first-order valence-corrected chi connectivity index (χ1v) is 11.4. The summed E-state index contributed by atoms with van der Waals surface area (Å²) in [5, 5.41) is 23.3. The number of aromatic hydroxyl groups is 1. The fourth-order valence-corrected chi connectivity index (χ4v) is 4.14. The largest absolute Gasteiger partial charge is 0.508 e. The van der Waals surface area contributed by atoms with Gasteiger partial charge in [-0.2, -0.15) is 15.2 Å². The van der Waals surface area contributed by atoms with E-state index in [-0.39, 0.29) is 30.6 Å². The van der Waals surface area contributed by atoms with Gasteiger partial charge in [0.15, 0.2) is 5.82 Å². The third kappa shape index (κ3) is 4.55. The molecule has 0 unspecified atom stereocenters. The van der Waals surface area contributed by atoms with Crippen molar-refractivity contribution in [2.45, 2.75) is 13.1 Å². The van der Waals surface area contributed by atoms with E-state index >= 15 is 0 Å². The number of rotatable bonds is 6. The Kier molecular flexibility index (Phi) is 5.98. The Morgan fingerprint density at radius 3 is 2.56 bits per heavy atom. The molecule has 2 N–H and O–H groups in total. The number of aryl methyl sites for hydroxylation is 2. The molecule has 0 aliphatic carbocycles. The van der Waals surface area contributed by atoms with Gasteiger partial charge in [0.25, 0.3) is 0 Å². The Morgan fingerprint density at radius 2 is 1.81 bits per heavy atom. The number of hydrogen-bond acceptors (Lipinski definition) is 8. The molecule has 5 aromatic rings. The Labute approximate surface area is 213 Å². The molecule has 0 saturated carbocycles. The maximum absolute atomic E-state index is 13.5. The van der Waals surface area contributed by atoms with Gasteiger partial charge in [0.1, 0.15) is 12.1 Å². The lowest BCUT2D eigenvalue weighted by atomic mass is 10.2. The standard InChI is InChI=1S/C22H19Cl2N9O3/c1-30-8-12-6-17(15(24)7-16(12)28-30)26-20-27-21(35)33(10-19-25-11-31(2)29-19)22(36)32(20)9-13-5-14(23)3-4-18(13)34/h3-8,11,34H,9-10H2,1-2H3,(H,26,27,35). The van der Waals surface area contributed by atoms with E-state index in [1.165, 1.54) is 33.8 Å². The molecule has 12 nitrogen and oxygen atoms in total. The third-order valence-corrected chi connectivity index (χ3v) is 5.97. The Bertz CT molecular complexity index is 1740. The molecule has 0 amide bonds. The minimum Gasteiger partial charge on any atom is -0.508 e.